The van der Waals surface area contributed by atoms with Crippen LogP contribution in [0.5, 0.6) is 0 Å². The number of benzene rings is 2. The van der Waals surface area contributed by atoms with Crippen molar-refractivity contribution in [1.82, 2.24) is 4.31 Å². The van der Waals surface area contributed by atoms with Gasteiger partial charge in [0.25, 0.3) is 5.91 Å². The number of anilines is 1. The average molecular weight is 360 g/mol. The van der Waals surface area contributed by atoms with E-state index in [-0.39, 0.29) is 23.5 Å². The molecule has 3 rings (SSSR count). The molecule has 6 nitrogen and oxygen atoms in total. The molecule has 132 valence electrons. The Labute approximate surface area is 147 Å². The topological polar surface area (TPSA) is 75.7 Å². The van der Waals surface area contributed by atoms with E-state index in [0.717, 1.165) is 5.56 Å². The lowest BCUT2D eigenvalue weighted by Crippen LogP contribution is -2.41. The molecule has 1 fully saturated rings. The molecule has 1 saturated heterocycles. The highest BCUT2D eigenvalue weighted by Crippen LogP contribution is 2.22. The number of rotatable bonds is 4. The number of carbonyl (C=O) groups excluding carboxylic acids is 1. The van der Waals surface area contributed by atoms with Gasteiger partial charge in [-0.1, -0.05) is 24.3 Å². The van der Waals surface area contributed by atoms with Gasteiger partial charge in [-0.25, -0.2) is 8.42 Å². The standard InChI is InChI=1S/C18H20N2O4S/c1-14-5-4-6-15(13-14)19-18(21)16-7-2-3-8-17(16)25(22,23)20-9-11-24-12-10-20/h2-8,13H,9-12H2,1H3,(H,19,21). The summed E-state index contributed by atoms with van der Waals surface area (Å²) in [6.07, 6.45) is 0. The molecule has 0 spiro atoms. The fourth-order valence-electron chi connectivity index (χ4n) is 2.73. The number of nitrogens with one attached hydrogen (secondary N) is 1. The quantitative estimate of drug-likeness (QED) is 0.907. The minimum absolute atomic E-state index is 0.0158. The molecular weight excluding hydrogens is 340 g/mol. The normalized spacial score (nSPS) is 15.7. The summed E-state index contributed by atoms with van der Waals surface area (Å²) in [7, 11) is -3.75. The van der Waals surface area contributed by atoms with Crippen molar-refractivity contribution in [2.45, 2.75) is 11.8 Å². The second kappa shape index (κ2) is 7.35. The minimum Gasteiger partial charge on any atom is -0.379 e. The highest BCUT2D eigenvalue weighted by Gasteiger charge is 2.30. The fourth-order valence-corrected chi connectivity index (χ4v) is 4.32. The van der Waals surface area contributed by atoms with Gasteiger partial charge in [-0.3, -0.25) is 4.79 Å². The van der Waals surface area contributed by atoms with Crippen LogP contribution in [-0.4, -0.2) is 44.9 Å². The SMILES string of the molecule is Cc1cccc(NC(=O)c2ccccc2S(=O)(=O)N2CCOCC2)c1. The molecule has 0 aromatic heterocycles. The molecule has 0 unspecified atom stereocenters. The minimum atomic E-state index is -3.75. The summed E-state index contributed by atoms with van der Waals surface area (Å²) in [5.74, 6) is -0.446. The van der Waals surface area contributed by atoms with Crippen LogP contribution in [0.4, 0.5) is 5.69 Å². The largest absolute Gasteiger partial charge is 0.379 e. The molecule has 1 aliphatic heterocycles. The number of hydrogen-bond donors (Lipinski definition) is 1. The van der Waals surface area contributed by atoms with Crippen molar-refractivity contribution >= 4 is 21.6 Å². The van der Waals surface area contributed by atoms with Gasteiger partial charge >= 0.3 is 0 Å². The third-order valence-electron chi connectivity index (χ3n) is 4.00. The van der Waals surface area contributed by atoms with Gasteiger partial charge in [0.1, 0.15) is 0 Å². The molecule has 1 amide bonds. The number of nitrogens with zero attached hydrogens (tertiary/aromatic N) is 1. The van der Waals surface area contributed by atoms with Crippen LogP contribution in [0.25, 0.3) is 0 Å². The Morgan fingerprint density at radius 1 is 1.08 bits per heavy atom. The van der Waals surface area contributed by atoms with E-state index < -0.39 is 15.9 Å². The van der Waals surface area contributed by atoms with Crippen molar-refractivity contribution in [3.8, 4) is 0 Å². The van der Waals surface area contributed by atoms with E-state index in [0.29, 0.717) is 18.9 Å². The number of morpholine rings is 1. The van der Waals surface area contributed by atoms with Crippen molar-refractivity contribution in [2.75, 3.05) is 31.6 Å². The number of hydrogen-bond acceptors (Lipinski definition) is 4. The Bertz CT molecular complexity index is 874. The molecule has 25 heavy (non-hydrogen) atoms. The Balaban J connectivity index is 1.91. The van der Waals surface area contributed by atoms with E-state index in [1.54, 1.807) is 18.2 Å². The molecule has 2 aromatic carbocycles. The third-order valence-corrected chi connectivity index (χ3v) is 5.95. The van der Waals surface area contributed by atoms with Crippen LogP contribution in [-0.2, 0) is 14.8 Å². The molecule has 2 aromatic rings. The maximum atomic E-state index is 12.9. The Hall–Kier alpha value is -2.22. The van der Waals surface area contributed by atoms with E-state index in [1.807, 2.05) is 25.1 Å². The predicted octanol–water partition coefficient (Wildman–Crippen LogP) is 2.27. The van der Waals surface area contributed by atoms with Gasteiger partial charge in [0.15, 0.2) is 0 Å². The van der Waals surface area contributed by atoms with Gasteiger partial charge in [0.05, 0.1) is 23.7 Å². The van der Waals surface area contributed by atoms with Crippen LogP contribution in [0.3, 0.4) is 0 Å². The zero-order valence-corrected chi connectivity index (χ0v) is 14.8. The van der Waals surface area contributed by atoms with Crippen molar-refractivity contribution < 1.29 is 17.9 Å². The molecule has 0 atom stereocenters. The summed E-state index contributed by atoms with van der Waals surface area (Å²) in [5, 5.41) is 2.77. The molecule has 0 aliphatic carbocycles. The van der Waals surface area contributed by atoms with Crippen LogP contribution >= 0.6 is 0 Å². The maximum Gasteiger partial charge on any atom is 0.257 e. The molecule has 1 N–H and O–H groups in total. The van der Waals surface area contributed by atoms with Crippen LogP contribution < -0.4 is 5.32 Å². The van der Waals surface area contributed by atoms with Gasteiger partial charge in [-0.2, -0.15) is 4.31 Å². The van der Waals surface area contributed by atoms with Crippen LogP contribution in [0.1, 0.15) is 15.9 Å². The van der Waals surface area contributed by atoms with Crippen molar-refractivity contribution in [1.29, 1.82) is 0 Å². The third kappa shape index (κ3) is 3.89. The predicted molar refractivity (Wildman–Crippen MR) is 95.2 cm³/mol. The van der Waals surface area contributed by atoms with E-state index in [2.05, 4.69) is 5.32 Å². The summed E-state index contributed by atoms with van der Waals surface area (Å²) in [4.78, 5) is 12.7. The second-order valence-corrected chi connectivity index (χ2v) is 7.74. The summed E-state index contributed by atoms with van der Waals surface area (Å²) >= 11 is 0. The van der Waals surface area contributed by atoms with Crippen molar-refractivity contribution in [3.63, 3.8) is 0 Å². The van der Waals surface area contributed by atoms with E-state index in [4.69, 9.17) is 4.74 Å². The second-order valence-electron chi connectivity index (χ2n) is 5.84. The summed E-state index contributed by atoms with van der Waals surface area (Å²) < 4.78 is 32.4. The number of carbonyl (C=O) groups is 1. The molecular formula is C18H20N2O4S. The van der Waals surface area contributed by atoms with Crippen LogP contribution in [0, 0.1) is 6.92 Å². The van der Waals surface area contributed by atoms with Gasteiger partial charge in [0, 0.05) is 18.8 Å². The van der Waals surface area contributed by atoms with Gasteiger partial charge in [-0.15, -0.1) is 0 Å². The van der Waals surface area contributed by atoms with E-state index in [9.17, 15) is 13.2 Å². The zero-order chi connectivity index (χ0) is 17.9. The van der Waals surface area contributed by atoms with Gasteiger partial charge < -0.3 is 10.1 Å². The first-order valence-electron chi connectivity index (χ1n) is 8.03. The first-order valence-corrected chi connectivity index (χ1v) is 9.47. The first kappa shape index (κ1) is 17.6. The van der Waals surface area contributed by atoms with Crippen molar-refractivity contribution in [3.05, 3.63) is 59.7 Å². The van der Waals surface area contributed by atoms with Crippen LogP contribution in [0.2, 0.25) is 0 Å². The lowest BCUT2D eigenvalue weighted by atomic mass is 10.2. The smallest absolute Gasteiger partial charge is 0.257 e. The van der Waals surface area contributed by atoms with E-state index >= 15 is 0 Å². The molecule has 0 radical (unpaired) electrons. The highest BCUT2D eigenvalue weighted by molar-refractivity contribution is 7.89. The summed E-state index contributed by atoms with van der Waals surface area (Å²) in [6, 6.07) is 13.6. The Morgan fingerprint density at radius 3 is 2.52 bits per heavy atom. The summed E-state index contributed by atoms with van der Waals surface area (Å²) in [6.45, 7) is 3.21. The number of ether oxygens (including phenoxy) is 1. The number of amides is 1. The number of sulfonamides is 1. The maximum absolute atomic E-state index is 12.9. The van der Waals surface area contributed by atoms with Crippen molar-refractivity contribution in [2.24, 2.45) is 0 Å². The Kier molecular flexibility index (Phi) is 5.17. The molecule has 1 heterocycles. The van der Waals surface area contributed by atoms with E-state index in [1.165, 1.54) is 16.4 Å². The lowest BCUT2D eigenvalue weighted by molar-refractivity contribution is 0.0730. The molecule has 7 heteroatoms. The van der Waals surface area contributed by atoms with Gasteiger partial charge in [-0.05, 0) is 36.8 Å². The highest BCUT2D eigenvalue weighted by atomic mass is 32.2. The average Bonchev–Trinajstić information content (AvgIpc) is 2.62. The molecule has 0 saturated carbocycles. The lowest BCUT2D eigenvalue weighted by Gasteiger charge is -2.26. The number of aryl methyl sites for hydroxylation is 1. The Morgan fingerprint density at radius 2 is 1.80 bits per heavy atom. The first-order chi connectivity index (χ1) is 12.0. The molecule has 0 bridgehead atoms. The summed E-state index contributed by atoms with van der Waals surface area (Å²) in [5.41, 5.74) is 1.77. The van der Waals surface area contributed by atoms with Crippen LogP contribution in [0.15, 0.2) is 53.4 Å². The van der Waals surface area contributed by atoms with Gasteiger partial charge in [0.2, 0.25) is 10.0 Å². The monoisotopic (exact) mass is 360 g/mol. The molecule has 1 aliphatic rings. The fraction of sp³-hybridized carbons (Fsp3) is 0.278. The zero-order valence-electron chi connectivity index (χ0n) is 13.9.